The Labute approximate surface area is 112 Å². The van der Waals surface area contributed by atoms with Gasteiger partial charge in [-0.2, -0.15) is 0 Å². The summed E-state index contributed by atoms with van der Waals surface area (Å²) in [6.45, 7) is 1.96. The van der Waals surface area contributed by atoms with Crippen molar-refractivity contribution in [2.45, 2.75) is 23.9 Å². The Hall–Kier alpha value is -1.66. The lowest BCUT2D eigenvalue weighted by atomic mass is 10.1. The number of aromatic amines is 1. The van der Waals surface area contributed by atoms with Gasteiger partial charge in [-0.05, 0) is 18.6 Å². The molecule has 0 fully saturated rings. The van der Waals surface area contributed by atoms with Crippen LogP contribution in [0.1, 0.15) is 30.4 Å². The summed E-state index contributed by atoms with van der Waals surface area (Å²) in [5.41, 5.74) is 0.848. The van der Waals surface area contributed by atoms with E-state index in [1.165, 1.54) is 0 Å². The highest BCUT2D eigenvalue weighted by molar-refractivity contribution is 7.91. The highest BCUT2D eigenvalue weighted by atomic mass is 32.2. The molecular weight excluding hydrogens is 262 g/mol. The van der Waals surface area contributed by atoms with Crippen LogP contribution in [0.25, 0.3) is 0 Å². The molecule has 5 nitrogen and oxygen atoms in total. The summed E-state index contributed by atoms with van der Waals surface area (Å²) in [6, 6.07) is 6.96. The number of rotatable bonds is 3. The molecule has 2 aromatic rings. The van der Waals surface area contributed by atoms with Gasteiger partial charge in [0.25, 0.3) is 0 Å². The number of sulfone groups is 1. The van der Waals surface area contributed by atoms with Crippen molar-refractivity contribution in [3.8, 4) is 0 Å². The summed E-state index contributed by atoms with van der Waals surface area (Å²) in [7, 11) is -3.16. The summed E-state index contributed by atoms with van der Waals surface area (Å²) in [5, 5.41) is 3.32. The van der Waals surface area contributed by atoms with Gasteiger partial charge in [0.2, 0.25) is 0 Å². The first-order chi connectivity index (χ1) is 9.08. The summed E-state index contributed by atoms with van der Waals surface area (Å²) >= 11 is 0. The fraction of sp³-hybridized carbons (Fsp3) is 0.308. The molecule has 0 spiro atoms. The van der Waals surface area contributed by atoms with Crippen LogP contribution in [0.2, 0.25) is 0 Å². The zero-order valence-corrected chi connectivity index (χ0v) is 11.3. The first kappa shape index (κ1) is 12.4. The number of imidazole rings is 1. The smallest absolute Gasteiger partial charge is 0.180 e. The van der Waals surface area contributed by atoms with Gasteiger partial charge >= 0.3 is 0 Å². The first-order valence-electron chi connectivity index (χ1n) is 6.15. The van der Waals surface area contributed by atoms with E-state index >= 15 is 0 Å². The summed E-state index contributed by atoms with van der Waals surface area (Å²) < 4.78 is 24.1. The third kappa shape index (κ3) is 2.17. The van der Waals surface area contributed by atoms with Gasteiger partial charge in [-0.25, -0.2) is 13.4 Å². The molecule has 1 aliphatic heterocycles. The van der Waals surface area contributed by atoms with E-state index in [4.69, 9.17) is 0 Å². The lowest BCUT2D eigenvalue weighted by Gasteiger charge is -2.17. The van der Waals surface area contributed by atoms with E-state index in [-0.39, 0.29) is 17.8 Å². The average molecular weight is 277 g/mol. The zero-order valence-electron chi connectivity index (χ0n) is 10.5. The number of hydrogen-bond acceptors (Lipinski definition) is 4. The van der Waals surface area contributed by atoms with Gasteiger partial charge in [0.05, 0.1) is 16.7 Å². The number of fused-ring (bicyclic) bond motifs is 1. The van der Waals surface area contributed by atoms with Gasteiger partial charge in [0.1, 0.15) is 5.82 Å². The number of benzene rings is 1. The number of nitrogens with zero attached hydrogens (tertiary/aromatic N) is 1. The molecule has 2 N–H and O–H groups in total. The quantitative estimate of drug-likeness (QED) is 0.893. The largest absolute Gasteiger partial charge is 0.347 e. The molecule has 100 valence electrons. The molecule has 2 atom stereocenters. The molecule has 0 bridgehead atoms. The van der Waals surface area contributed by atoms with Crippen molar-refractivity contribution >= 4 is 9.84 Å². The molecule has 1 aliphatic rings. The van der Waals surface area contributed by atoms with Crippen molar-refractivity contribution in [1.29, 1.82) is 0 Å². The minimum absolute atomic E-state index is 0.0265. The van der Waals surface area contributed by atoms with Crippen LogP contribution in [0.4, 0.5) is 0 Å². The van der Waals surface area contributed by atoms with Crippen LogP contribution in [-0.4, -0.2) is 24.1 Å². The minimum Gasteiger partial charge on any atom is -0.347 e. The average Bonchev–Trinajstić information content (AvgIpc) is 2.98. The lowest BCUT2D eigenvalue weighted by Crippen LogP contribution is -2.26. The van der Waals surface area contributed by atoms with Gasteiger partial charge in [-0.3, -0.25) is 5.32 Å². The standard InChI is InChI=1S/C13H15N3O2S/c1-9(13-14-6-7-15-13)16-11-8-19(17,18)12-5-3-2-4-10(11)12/h2-7,9,11,16H,8H2,1H3,(H,14,15). The highest BCUT2D eigenvalue weighted by Crippen LogP contribution is 2.34. The van der Waals surface area contributed by atoms with Crippen molar-refractivity contribution in [3.63, 3.8) is 0 Å². The number of hydrogen-bond donors (Lipinski definition) is 2. The van der Waals surface area contributed by atoms with Gasteiger partial charge in [-0.15, -0.1) is 0 Å². The van der Waals surface area contributed by atoms with Gasteiger partial charge in [0.15, 0.2) is 9.84 Å². The molecule has 0 aliphatic carbocycles. The van der Waals surface area contributed by atoms with E-state index in [2.05, 4.69) is 15.3 Å². The van der Waals surface area contributed by atoms with Crippen molar-refractivity contribution in [3.05, 3.63) is 48.0 Å². The third-order valence-corrected chi connectivity index (χ3v) is 5.21. The van der Waals surface area contributed by atoms with Gasteiger partial charge in [-0.1, -0.05) is 18.2 Å². The van der Waals surface area contributed by atoms with Crippen LogP contribution in [0, 0.1) is 0 Å². The molecule has 0 amide bonds. The van der Waals surface area contributed by atoms with Crippen LogP contribution >= 0.6 is 0 Å². The Morgan fingerprint density at radius 1 is 1.42 bits per heavy atom. The minimum atomic E-state index is -3.16. The van der Waals surface area contributed by atoms with E-state index in [9.17, 15) is 8.42 Å². The van der Waals surface area contributed by atoms with E-state index in [1.807, 2.05) is 19.1 Å². The van der Waals surface area contributed by atoms with Crippen LogP contribution in [0.5, 0.6) is 0 Å². The van der Waals surface area contributed by atoms with Crippen LogP contribution in [0.3, 0.4) is 0 Å². The zero-order chi connectivity index (χ0) is 13.5. The van der Waals surface area contributed by atoms with Crippen molar-refractivity contribution in [1.82, 2.24) is 15.3 Å². The maximum Gasteiger partial charge on any atom is 0.180 e. The molecular formula is C13H15N3O2S. The van der Waals surface area contributed by atoms with Crippen molar-refractivity contribution < 1.29 is 8.42 Å². The van der Waals surface area contributed by atoms with Gasteiger partial charge in [0, 0.05) is 18.4 Å². The normalized spacial score (nSPS) is 22.1. The Bertz CT molecular complexity index is 680. The molecule has 1 aromatic carbocycles. The Morgan fingerprint density at radius 2 is 2.21 bits per heavy atom. The fourth-order valence-corrected chi connectivity index (χ4v) is 4.23. The fourth-order valence-electron chi connectivity index (χ4n) is 2.48. The molecule has 1 aromatic heterocycles. The molecule has 0 radical (unpaired) electrons. The molecule has 0 saturated heterocycles. The van der Waals surface area contributed by atoms with E-state index in [1.54, 1.807) is 24.5 Å². The molecule has 0 saturated carbocycles. The van der Waals surface area contributed by atoms with E-state index in [0.717, 1.165) is 11.4 Å². The maximum absolute atomic E-state index is 12.1. The Kier molecular flexibility index (Phi) is 2.91. The molecule has 19 heavy (non-hydrogen) atoms. The summed E-state index contributed by atoms with van der Waals surface area (Å²) in [6.07, 6.45) is 3.44. The van der Waals surface area contributed by atoms with Gasteiger partial charge < -0.3 is 4.98 Å². The van der Waals surface area contributed by atoms with Crippen molar-refractivity contribution in [2.24, 2.45) is 0 Å². The molecule has 2 heterocycles. The Balaban J connectivity index is 1.88. The summed E-state index contributed by atoms with van der Waals surface area (Å²) in [4.78, 5) is 7.66. The Morgan fingerprint density at radius 3 is 2.95 bits per heavy atom. The van der Waals surface area contributed by atoms with E-state index < -0.39 is 9.84 Å². The van der Waals surface area contributed by atoms with E-state index in [0.29, 0.717) is 4.90 Å². The second-order valence-electron chi connectivity index (χ2n) is 4.73. The number of H-pyrrole nitrogens is 1. The van der Waals surface area contributed by atoms with Crippen LogP contribution in [0.15, 0.2) is 41.6 Å². The third-order valence-electron chi connectivity index (χ3n) is 3.40. The van der Waals surface area contributed by atoms with Crippen LogP contribution in [-0.2, 0) is 9.84 Å². The molecule has 6 heteroatoms. The predicted octanol–water partition coefficient (Wildman–Crippen LogP) is 1.59. The second kappa shape index (κ2) is 4.47. The lowest BCUT2D eigenvalue weighted by molar-refractivity contribution is 0.482. The monoisotopic (exact) mass is 277 g/mol. The topological polar surface area (TPSA) is 74.8 Å². The molecule has 2 unspecified atom stereocenters. The molecule has 3 rings (SSSR count). The first-order valence-corrected chi connectivity index (χ1v) is 7.80. The maximum atomic E-state index is 12.1. The summed E-state index contributed by atoms with van der Waals surface area (Å²) in [5.74, 6) is 0.916. The SMILES string of the molecule is CC(NC1CS(=O)(=O)c2ccccc21)c1ncc[nH]1. The predicted molar refractivity (Wildman–Crippen MR) is 71.4 cm³/mol. The second-order valence-corrected chi connectivity index (χ2v) is 6.74. The number of aromatic nitrogens is 2. The van der Waals surface area contributed by atoms with Crippen LogP contribution < -0.4 is 5.32 Å². The van der Waals surface area contributed by atoms with Crippen molar-refractivity contribution in [2.75, 3.05) is 5.75 Å². The number of nitrogens with one attached hydrogen (secondary N) is 2. The highest BCUT2D eigenvalue weighted by Gasteiger charge is 2.35.